The maximum atomic E-state index is 10.4. The summed E-state index contributed by atoms with van der Waals surface area (Å²) in [5.74, 6) is 0. The molecule has 0 atom stereocenters. The quantitative estimate of drug-likeness (QED) is 0.503. The third-order valence-electron chi connectivity index (χ3n) is 1.45. The van der Waals surface area contributed by atoms with Gasteiger partial charge in [-0.1, -0.05) is 6.58 Å². The van der Waals surface area contributed by atoms with E-state index in [1.54, 1.807) is 0 Å². The van der Waals surface area contributed by atoms with E-state index in [0.29, 0.717) is 25.3 Å². The van der Waals surface area contributed by atoms with E-state index in [4.69, 9.17) is 5.11 Å². The van der Waals surface area contributed by atoms with E-state index in [1.807, 2.05) is 0 Å². The van der Waals surface area contributed by atoms with Crippen LogP contribution in [0, 0.1) is 0 Å². The second kappa shape index (κ2) is 2.70. The smallest absolute Gasteiger partial charge is 0.411 e. The summed E-state index contributed by atoms with van der Waals surface area (Å²) in [4.78, 5) is 11.7. The third kappa shape index (κ3) is 1.27. The predicted molar refractivity (Wildman–Crippen MR) is 36.7 cm³/mol. The lowest BCUT2D eigenvalue weighted by molar-refractivity contribution is 0.153. The molecule has 4 nitrogen and oxygen atoms in total. The first-order chi connectivity index (χ1) is 4.72. The van der Waals surface area contributed by atoms with Gasteiger partial charge in [0.1, 0.15) is 0 Å². The van der Waals surface area contributed by atoms with Crippen LogP contribution < -0.4 is 5.32 Å². The molecule has 1 aliphatic rings. The molecule has 4 heteroatoms. The first kappa shape index (κ1) is 7.08. The molecule has 0 bridgehead atoms. The average Bonchev–Trinajstić information content (AvgIpc) is 1.88. The fourth-order valence-corrected chi connectivity index (χ4v) is 0.908. The zero-order valence-corrected chi connectivity index (χ0v) is 5.63. The van der Waals surface area contributed by atoms with Crippen LogP contribution in [-0.2, 0) is 0 Å². The molecule has 2 N–H and O–H groups in total. The number of carboxylic acid groups (broad SMARTS) is 1. The molecule has 1 amide bonds. The van der Waals surface area contributed by atoms with E-state index in [2.05, 4.69) is 11.9 Å². The zero-order valence-electron chi connectivity index (χ0n) is 5.63. The summed E-state index contributed by atoms with van der Waals surface area (Å²) in [6, 6.07) is 0. The minimum atomic E-state index is -0.911. The van der Waals surface area contributed by atoms with Gasteiger partial charge in [0.2, 0.25) is 0 Å². The fourth-order valence-electron chi connectivity index (χ4n) is 0.908. The number of rotatable bonds is 0. The lowest BCUT2D eigenvalue weighted by Gasteiger charge is -2.26. The van der Waals surface area contributed by atoms with Gasteiger partial charge in [0, 0.05) is 25.3 Å². The Bertz CT molecular complexity index is 167. The number of nitrogens with zero attached hydrogens (tertiary/aromatic N) is 1. The van der Waals surface area contributed by atoms with Gasteiger partial charge in [-0.3, -0.25) is 4.90 Å². The van der Waals surface area contributed by atoms with Gasteiger partial charge >= 0.3 is 6.09 Å². The second-order valence-corrected chi connectivity index (χ2v) is 2.18. The Morgan fingerprint density at radius 2 is 2.50 bits per heavy atom. The second-order valence-electron chi connectivity index (χ2n) is 2.18. The van der Waals surface area contributed by atoms with Gasteiger partial charge < -0.3 is 10.4 Å². The number of hydrogen-bond acceptors (Lipinski definition) is 2. The number of hydrogen-bond donors (Lipinski definition) is 2. The highest BCUT2D eigenvalue weighted by atomic mass is 16.4. The molecule has 0 spiro atoms. The van der Waals surface area contributed by atoms with Crippen molar-refractivity contribution in [3.63, 3.8) is 0 Å². The molecule has 0 radical (unpaired) electrons. The first-order valence-corrected chi connectivity index (χ1v) is 3.11. The Balaban J connectivity index is 2.56. The Hall–Kier alpha value is -1.03. The molecule has 0 unspecified atom stereocenters. The molecule has 10 heavy (non-hydrogen) atoms. The summed E-state index contributed by atoms with van der Waals surface area (Å²) in [7, 11) is 0. The summed E-state index contributed by atoms with van der Waals surface area (Å²) in [5.41, 5.74) is 0.624. The Morgan fingerprint density at radius 3 is 2.90 bits per heavy atom. The molecule has 1 rings (SSSR count). The van der Waals surface area contributed by atoms with E-state index < -0.39 is 6.09 Å². The van der Waals surface area contributed by atoms with E-state index in [9.17, 15) is 4.79 Å². The molecule has 0 aromatic carbocycles. The largest absolute Gasteiger partial charge is 0.465 e. The topological polar surface area (TPSA) is 52.6 Å². The van der Waals surface area contributed by atoms with Crippen molar-refractivity contribution >= 4 is 6.09 Å². The molecule has 1 heterocycles. The van der Waals surface area contributed by atoms with Crippen LogP contribution in [0.5, 0.6) is 0 Å². The van der Waals surface area contributed by atoms with Gasteiger partial charge in [-0.15, -0.1) is 0 Å². The molecule has 0 saturated carbocycles. The molecule has 1 fully saturated rings. The number of carbonyl (C=O) groups is 1. The number of piperazine rings is 1. The van der Waals surface area contributed by atoms with Crippen LogP contribution in [0.1, 0.15) is 0 Å². The molecule has 1 saturated heterocycles. The molecule has 0 aromatic rings. The van der Waals surface area contributed by atoms with Crippen LogP contribution >= 0.6 is 0 Å². The van der Waals surface area contributed by atoms with Crippen LogP contribution in [0.3, 0.4) is 0 Å². The van der Waals surface area contributed by atoms with Crippen LogP contribution in [-0.4, -0.2) is 35.7 Å². The highest BCUT2D eigenvalue weighted by Crippen LogP contribution is 2.03. The van der Waals surface area contributed by atoms with Crippen molar-refractivity contribution in [1.29, 1.82) is 0 Å². The standard InChI is InChI=1S/C6H10N2O2/c1-5-4-7-2-3-8(5)6(9)10/h7H,1-4H2,(H,9,10). The lowest BCUT2D eigenvalue weighted by Crippen LogP contribution is -2.43. The monoisotopic (exact) mass is 142 g/mol. The summed E-state index contributed by atoms with van der Waals surface area (Å²) in [6.07, 6.45) is -0.911. The third-order valence-corrected chi connectivity index (χ3v) is 1.45. The minimum Gasteiger partial charge on any atom is -0.465 e. The minimum absolute atomic E-state index is 0.508. The molecule has 0 aliphatic carbocycles. The lowest BCUT2D eigenvalue weighted by atomic mass is 10.3. The zero-order chi connectivity index (χ0) is 7.56. The number of nitrogens with one attached hydrogen (secondary N) is 1. The van der Waals surface area contributed by atoms with Crippen molar-refractivity contribution in [2.24, 2.45) is 0 Å². The van der Waals surface area contributed by atoms with Crippen LogP contribution in [0.2, 0.25) is 0 Å². The van der Waals surface area contributed by atoms with Gasteiger partial charge in [0.05, 0.1) is 0 Å². The first-order valence-electron chi connectivity index (χ1n) is 3.11. The van der Waals surface area contributed by atoms with Crippen molar-refractivity contribution < 1.29 is 9.90 Å². The molecule has 56 valence electrons. The van der Waals surface area contributed by atoms with Crippen LogP contribution in [0.25, 0.3) is 0 Å². The normalized spacial score (nSPS) is 19.2. The van der Waals surface area contributed by atoms with E-state index in [1.165, 1.54) is 4.90 Å². The van der Waals surface area contributed by atoms with Crippen molar-refractivity contribution in [2.75, 3.05) is 19.6 Å². The maximum Gasteiger partial charge on any atom is 0.411 e. The van der Waals surface area contributed by atoms with Gasteiger partial charge in [0.15, 0.2) is 0 Å². The van der Waals surface area contributed by atoms with Crippen LogP contribution in [0.15, 0.2) is 12.3 Å². The average molecular weight is 142 g/mol. The van der Waals surface area contributed by atoms with Crippen molar-refractivity contribution in [3.8, 4) is 0 Å². The molecule has 1 aliphatic heterocycles. The Kier molecular flexibility index (Phi) is 1.91. The van der Waals surface area contributed by atoms with E-state index >= 15 is 0 Å². The fraction of sp³-hybridized carbons (Fsp3) is 0.500. The molecule has 0 aromatic heterocycles. The summed E-state index contributed by atoms with van der Waals surface area (Å²) in [5, 5.41) is 11.6. The van der Waals surface area contributed by atoms with Gasteiger partial charge in [-0.05, 0) is 0 Å². The van der Waals surface area contributed by atoms with E-state index in [0.717, 1.165) is 0 Å². The summed E-state index contributed by atoms with van der Waals surface area (Å²) >= 11 is 0. The van der Waals surface area contributed by atoms with Gasteiger partial charge in [0.25, 0.3) is 0 Å². The summed E-state index contributed by atoms with van der Waals surface area (Å²) < 4.78 is 0. The molecular formula is C6H10N2O2. The van der Waals surface area contributed by atoms with Crippen LogP contribution in [0.4, 0.5) is 4.79 Å². The highest BCUT2D eigenvalue weighted by Gasteiger charge is 2.17. The summed E-state index contributed by atoms with van der Waals surface area (Å²) in [6.45, 7) is 5.40. The van der Waals surface area contributed by atoms with Gasteiger partial charge in [-0.25, -0.2) is 4.79 Å². The Morgan fingerprint density at radius 1 is 1.80 bits per heavy atom. The Labute approximate surface area is 59.1 Å². The van der Waals surface area contributed by atoms with Crippen molar-refractivity contribution in [2.45, 2.75) is 0 Å². The SMILES string of the molecule is C=C1CNCCN1C(=O)O. The van der Waals surface area contributed by atoms with Gasteiger partial charge in [-0.2, -0.15) is 0 Å². The molecular weight excluding hydrogens is 132 g/mol. The maximum absolute atomic E-state index is 10.4. The van der Waals surface area contributed by atoms with Crippen molar-refractivity contribution in [3.05, 3.63) is 12.3 Å². The number of amides is 1. The predicted octanol–water partition coefficient (Wildman–Crippen LogP) is 0.0833. The van der Waals surface area contributed by atoms with Crippen molar-refractivity contribution in [1.82, 2.24) is 10.2 Å². The highest BCUT2D eigenvalue weighted by molar-refractivity contribution is 5.67. The van der Waals surface area contributed by atoms with E-state index in [-0.39, 0.29) is 0 Å².